The van der Waals surface area contributed by atoms with E-state index in [1.54, 1.807) is 13.2 Å². The quantitative estimate of drug-likeness (QED) is 0.418. The molecule has 0 atom stereocenters. The third-order valence-corrected chi connectivity index (χ3v) is 8.00. The van der Waals surface area contributed by atoms with E-state index in [1.807, 2.05) is 18.2 Å². The molecule has 0 bridgehead atoms. The lowest BCUT2D eigenvalue weighted by atomic mass is 9.62. The zero-order chi connectivity index (χ0) is 25.9. The van der Waals surface area contributed by atoms with E-state index in [1.165, 1.54) is 36.5 Å². The highest BCUT2D eigenvalue weighted by atomic mass is 16.5. The first kappa shape index (κ1) is 26.3. The number of carboxylic acid groups (broad SMARTS) is 1. The molecule has 0 saturated carbocycles. The van der Waals surface area contributed by atoms with Gasteiger partial charge in [0.1, 0.15) is 18.1 Å². The fraction of sp³-hybridized carbons (Fsp3) is 0.516. The predicted molar refractivity (Wildman–Crippen MR) is 146 cm³/mol. The number of ether oxygens (including phenoxy) is 2. The molecule has 1 N–H and O–H groups in total. The molecule has 0 spiro atoms. The van der Waals surface area contributed by atoms with Crippen molar-refractivity contribution in [1.82, 2.24) is 4.90 Å². The molecule has 1 aliphatic carbocycles. The van der Waals surface area contributed by atoms with Gasteiger partial charge in [0, 0.05) is 23.7 Å². The van der Waals surface area contributed by atoms with Crippen LogP contribution in [-0.4, -0.2) is 49.3 Å². The van der Waals surface area contributed by atoms with Crippen LogP contribution in [0, 0.1) is 0 Å². The molecule has 5 heteroatoms. The molecule has 36 heavy (non-hydrogen) atoms. The fourth-order valence-corrected chi connectivity index (χ4v) is 5.60. The highest BCUT2D eigenvalue weighted by molar-refractivity contribution is 5.86. The minimum Gasteiger partial charge on any atom is -0.496 e. The largest absolute Gasteiger partial charge is 0.496 e. The van der Waals surface area contributed by atoms with Gasteiger partial charge >= 0.3 is 5.97 Å². The van der Waals surface area contributed by atoms with Crippen LogP contribution in [0.5, 0.6) is 11.5 Å². The van der Waals surface area contributed by atoms with Gasteiger partial charge in [-0.3, -0.25) is 4.90 Å². The summed E-state index contributed by atoms with van der Waals surface area (Å²) in [5.41, 5.74) is 5.57. The Kier molecular flexibility index (Phi) is 7.79. The molecule has 194 valence electrons. The molecule has 0 radical (unpaired) electrons. The molecule has 0 unspecified atom stereocenters. The Morgan fingerprint density at radius 2 is 1.58 bits per heavy atom. The molecule has 1 heterocycles. The molecule has 4 rings (SSSR count). The first-order chi connectivity index (χ1) is 17.1. The maximum atomic E-state index is 11.1. The van der Waals surface area contributed by atoms with E-state index in [2.05, 4.69) is 44.7 Å². The number of rotatable bonds is 8. The topological polar surface area (TPSA) is 59.0 Å². The lowest BCUT2D eigenvalue weighted by molar-refractivity contribution is -0.131. The number of methoxy groups -OCH3 is 1. The van der Waals surface area contributed by atoms with E-state index in [9.17, 15) is 4.79 Å². The molecule has 0 amide bonds. The Labute approximate surface area is 216 Å². The Balaban J connectivity index is 1.80. The number of fused-ring (bicyclic) bond motifs is 1. The second-order valence-electron chi connectivity index (χ2n) is 11.5. The lowest BCUT2D eigenvalue weighted by Gasteiger charge is -2.42. The van der Waals surface area contributed by atoms with Crippen molar-refractivity contribution in [2.24, 2.45) is 0 Å². The summed E-state index contributed by atoms with van der Waals surface area (Å²) < 4.78 is 12.3. The van der Waals surface area contributed by atoms with Gasteiger partial charge < -0.3 is 14.6 Å². The van der Waals surface area contributed by atoms with Crippen LogP contribution in [-0.2, 0) is 15.6 Å². The molecule has 1 aliphatic heterocycles. The van der Waals surface area contributed by atoms with Crippen molar-refractivity contribution in [2.45, 2.75) is 70.6 Å². The molecule has 0 aromatic heterocycles. The number of aliphatic carboxylic acids is 1. The van der Waals surface area contributed by atoms with Gasteiger partial charge in [-0.25, -0.2) is 4.79 Å². The first-order valence-corrected chi connectivity index (χ1v) is 13.2. The Bertz CT molecular complexity index is 1130. The summed E-state index contributed by atoms with van der Waals surface area (Å²) in [6, 6.07) is 10.3. The number of hydrogen-bond donors (Lipinski definition) is 1. The zero-order valence-electron chi connectivity index (χ0n) is 22.5. The Morgan fingerprint density at radius 1 is 0.944 bits per heavy atom. The summed E-state index contributed by atoms with van der Waals surface area (Å²) >= 11 is 0. The molecule has 2 aromatic carbocycles. The van der Waals surface area contributed by atoms with Crippen molar-refractivity contribution in [1.29, 1.82) is 0 Å². The predicted octanol–water partition coefficient (Wildman–Crippen LogP) is 6.67. The monoisotopic (exact) mass is 491 g/mol. The number of carbonyl (C=O) groups is 1. The standard InChI is InChI=1S/C31H41NO4/c1-30(2)13-14-31(3,4)26-21-28(36-18-17-32-15-7-6-8-16-32)24(20-25(26)30)23-19-22(10-12-29(33)34)9-11-27(23)35-5/h9-12,19-21H,6-8,13-18H2,1-5H3,(H,33,34)/b12-10+. The molecular formula is C31H41NO4. The van der Waals surface area contributed by atoms with Gasteiger partial charge in [0.15, 0.2) is 0 Å². The van der Waals surface area contributed by atoms with E-state index >= 15 is 0 Å². The second kappa shape index (κ2) is 10.7. The van der Waals surface area contributed by atoms with Crippen LogP contribution in [0.4, 0.5) is 0 Å². The van der Waals surface area contributed by atoms with Crippen molar-refractivity contribution < 1.29 is 19.4 Å². The summed E-state index contributed by atoms with van der Waals surface area (Å²) in [6.45, 7) is 13.2. The molecule has 1 fully saturated rings. The fourth-order valence-electron chi connectivity index (χ4n) is 5.60. The van der Waals surface area contributed by atoms with Gasteiger partial charge in [0.05, 0.1) is 7.11 Å². The summed E-state index contributed by atoms with van der Waals surface area (Å²) in [5.74, 6) is 0.650. The van der Waals surface area contributed by atoms with Crippen molar-refractivity contribution in [3.8, 4) is 22.6 Å². The number of benzene rings is 2. The molecular weight excluding hydrogens is 450 g/mol. The van der Waals surface area contributed by atoms with Crippen molar-refractivity contribution in [3.05, 3.63) is 53.1 Å². The van der Waals surface area contributed by atoms with Gasteiger partial charge in [-0.1, -0.05) is 40.2 Å². The van der Waals surface area contributed by atoms with Gasteiger partial charge in [-0.05, 0) is 96.6 Å². The van der Waals surface area contributed by atoms with Crippen LogP contribution in [0.3, 0.4) is 0 Å². The summed E-state index contributed by atoms with van der Waals surface area (Å²) in [5, 5.41) is 9.11. The van der Waals surface area contributed by atoms with E-state index < -0.39 is 5.97 Å². The number of carboxylic acids is 1. The van der Waals surface area contributed by atoms with Crippen molar-refractivity contribution >= 4 is 12.0 Å². The van der Waals surface area contributed by atoms with Gasteiger partial charge in [-0.15, -0.1) is 0 Å². The van der Waals surface area contributed by atoms with Crippen molar-refractivity contribution in [2.75, 3.05) is 33.4 Å². The van der Waals surface area contributed by atoms with Gasteiger partial charge in [-0.2, -0.15) is 0 Å². The third kappa shape index (κ3) is 5.78. The van der Waals surface area contributed by atoms with Crippen molar-refractivity contribution in [3.63, 3.8) is 0 Å². The lowest BCUT2D eigenvalue weighted by Crippen LogP contribution is -2.34. The van der Waals surface area contributed by atoms with Crippen LogP contribution in [0.15, 0.2) is 36.4 Å². The minimum atomic E-state index is -0.966. The summed E-state index contributed by atoms with van der Waals surface area (Å²) in [4.78, 5) is 13.6. The Morgan fingerprint density at radius 3 is 2.22 bits per heavy atom. The molecule has 2 aromatic rings. The molecule has 1 saturated heterocycles. The van der Waals surface area contributed by atoms with Gasteiger partial charge in [0.25, 0.3) is 0 Å². The smallest absolute Gasteiger partial charge is 0.328 e. The van der Waals surface area contributed by atoms with Crippen LogP contribution in [0.25, 0.3) is 17.2 Å². The first-order valence-electron chi connectivity index (χ1n) is 13.2. The summed E-state index contributed by atoms with van der Waals surface area (Å²) in [6.07, 6.45) is 8.90. The number of piperidine rings is 1. The average molecular weight is 492 g/mol. The highest BCUT2D eigenvalue weighted by Gasteiger charge is 2.38. The number of hydrogen-bond acceptors (Lipinski definition) is 4. The van der Waals surface area contributed by atoms with E-state index in [-0.39, 0.29) is 10.8 Å². The normalized spacial score (nSPS) is 19.1. The van der Waals surface area contributed by atoms with Crippen LogP contribution in [0.1, 0.15) is 76.5 Å². The average Bonchev–Trinajstić information content (AvgIpc) is 2.86. The second-order valence-corrected chi connectivity index (χ2v) is 11.5. The van der Waals surface area contributed by atoms with E-state index in [0.29, 0.717) is 6.61 Å². The zero-order valence-corrected chi connectivity index (χ0v) is 22.5. The highest BCUT2D eigenvalue weighted by Crippen LogP contribution is 2.50. The van der Waals surface area contributed by atoms with Crippen LogP contribution >= 0.6 is 0 Å². The van der Waals surface area contributed by atoms with Crippen LogP contribution < -0.4 is 9.47 Å². The molecule has 5 nitrogen and oxygen atoms in total. The maximum absolute atomic E-state index is 11.1. The number of nitrogens with zero attached hydrogens (tertiary/aromatic N) is 1. The number of likely N-dealkylation sites (tertiary alicyclic amines) is 1. The third-order valence-electron chi connectivity index (χ3n) is 8.00. The summed E-state index contributed by atoms with van der Waals surface area (Å²) in [7, 11) is 1.67. The SMILES string of the molecule is COc1ccc(/C=C/C(=O)O)cc1-c1cc2c(cc1OCCN1CCCCC1)C(C)(C)CCC2(C)C. The van der Waals surface area contributed by atoms with E-state index in [4.69, 9.17) is 14.6 Å². The minimum absolute atomic E-state index is 0.0555. The van der Waals surface area contributed by atoms with E-state index in [0.717, 1.165) is 60.7 Å². The molecule has 2 aliphatic rings. The van der Waals surface area contributed by atoms with Gasteiger partial charge in [0.2, 0.25) is 0 Å². The Hall–Kier alpha value is -2.79. The van der Waals surface area contributed by atoms with Crippen LogP contribution in [0.2, 0.25) is 0 Å². The maximum Gasteiger partial charge on any atom is 0.328 e.